The van der Waals surface area contributed by atoms with Crippen molar-refractivity contribution in [1.82, 2.24) is 9.80 Å². The lowest BCUT2D eigenvalue weighted by Crippen LogP contribution is -2.43. The summed E-state index contributed by atoms with van der Waals surface area (Å²) in [6.45, 7) is 11.0. The first-order valence-electron chi connectivity index (χ1n) is 9.24. The maximum absolute atomic E-state index is 12.7. The van der Waals surface area contributed by atoms with E-state index in [1.54, 1.807) is 11.8 Å². The molecule has 0 aromatic rings. The van der Waals surface area contributed by atoms with Gasteiger partial charge in [0.05, 0.1) is 13.0 Å². The van der Waals surface area contributed by atoms with Crippen LogP contribution in [-0.4, -0.2) is 74.2 Å². The van der Waals surface area contributed by atoms with Gasteiger partial charge in [-0.1, -0.05) is 20.8 Å². The Morgan fingerprint density at radius 3 is 2.42 bits per heavy atom. The maximum atomic E-state index is 12.7. The Labute approximate surface area is 146 Å². The number of methoxy groups -OCH3 is 1. The van der Waals surface area contributed by atoms with Gasteiger partial charge in [0.1, 0.15) is 6.10 Å². The molecule has 1 aliphatic heterocycles. The lowest BCUT2D eigenvalue weighted by Gasteiger charge is -2.27. The fourth-order valence-corrected chi connectivity index (χ4v) is 3.05. The van der Waals surface area contributed by atoms with Crippen LogP contribution in [0, 0.1) is 5.92 Å². The van der Waals surface area contributed by atoms with Crippen LogP contribution in [0.4, 0.5) is 0 Å². The molecular formula is C18H34N2O4. The molecule has 0 aliphatic carbocycles. The normalized spacial score (nSPS) is 18.6. The van der Waals surface area contributed by atoms with E-state index < -0.39 is 0 Å². The Kier molecular flexibility index (Phi) is 9.95. The molecule has 140 valence electrons. The van der Waals surface area contributed by atoms with Crippen molar-refractivity contribution in [3.8, 4) is 0 Å². The van der Waals surface area contributed by atoms with Crippen molar-refractivity contribution in [2.45, 2.75) is 52.6 Å². The van der Waals surface area contributed by atoms with Crippen LogP contribution in [0.3, 0.4) is 0 Å². The Hall–Kier alpha value is -1.14. The molecule has 1 amide bonds. The molecule has 1 aliphatic rings. The molecule has 0 radical (unpaired) electrons. The summed E-state index contributed by atoms with van der Waals surface area (Å²) < 4.78 is 10.3. The van der Waals surface area contributed by atoms with Gasteiger partial charge in [0, 0.05) is 19.7 Å². The van der Waals surface area contributed by atoms with Gasteiger partial charge < -0.3 is 19.3 Å². The van der Waals surface area contributed by atoms with E-state index in [-0.39, 0.29) is 23.9 Å². The number of esters is 1. The zero-order valence-electron chi connectivity index (χ0n) is 15.8. The largest absolute Gasteiger partial charge is 0.469 e. The van der Waals surface area contributed by atoms with E-state index in [1.807, 2.05) is 0 Å². The van der Waals surface area contributed by atoms with Crippen molar-refractivity contribution < 1.29 is 19.1 Å². The van der Waals surface area contributed by atoms with E-state index in [0.29, 0.717) is 19.7 Å². The number of hydrogen-bond donors (Lipinski definition) is 0. The Morgan fingerprint density at radius 1 is 1.21 bits per heavy atom. The van der Waals surface area contributed by atoms with Crippen LogP contribution in [0.2, 0.25) is 0 Å². The molecule has 0 spiro atoms. The van der Waals surface area contributed by atoms with Crippen LogP contribution >= 0.6 is 0 Å². The number of nitrogens with zero attached hydrogens (tertiary/aromatic N) is 2. The number of amides is 1. The fraction of sp³-hybridized carbons (Fsp3) is 0.889. The van der Waals surface area contributed by atoms with Gasteiger partial charge in [0.2, 0.25) is 0 Å². The lowest BCUT2D eigenvalue weighted by molar-refractivity contribution is -0.148. The highest BCUT2D eigenvalue weighted by Gasteiger charge is 2.30. The number of rotatable bonds is 11. The lowest BCUT2D eigenvalue weighted by atomic mass is 10.1. The van der Waals surface area contributed by atoms with E-state index in [4.69, 9.17) is 9.47 Å². The summed E-state index contributed by atoms with van der Waals surface area (Å²) in [5.41, 5.74) is 0. The molecule has 0 aromatic heterocycles. The summed E-state index contributed by atoms with van der Waals surface area (Å²) >= 11 is 0. The Balaban J connectivity index is 2.53. The van der Waals surface area contributed by atoms with Crippen LogP contribution in [-0.2, 0) is 19.1 Å². The first kappa shape index (κ1) is 20.9. The first-order valence-corrected chi connectivity index (χ1v) is 9.24. The number of carbonyl (C=O) groups is 2. The standard InChI is InChI=1S/C18H34N2O4/c1-5-19(6-2)11-7-8-12-20(14-15(3)18(22)23-4)17(21)16-10-9-13-24-16/h15-16H,5-14H2,1-4H3. The number of unbranched alkanes of at least 4 members (excludes halogenated alkanes) is 1. The van der Waals surface area contributed by atoms with Crippen molar-refractivity contribution >= 4 is 11.9 Å². The predicted octanol–water partition coefficient (Wildman–Crippen LogP) is 1.93. The molecule has 1 fully saturated rings. The van der Waals surface area contributed by atoms with E-state index >= 15 is 0 Å². The van der Waals surface area contributed by atoms with Gasteiger partial charge in [-0.15, -0.1) is 0 Å². The van der Waals surface area contributed by atoms with E-state index in [2.05, 4.69) is 18.7 Å². The molecule has 0 N–H and O–H groups in total. The second-order valence-corrected chi connectivity index (χ2v) is 6.44. The minimum absolute atomic E-state index is 0.0195. The molecule has 0 bridgehead atoms. The van der Waals surface area contributed by atoms with Gasteiger partial charge in [-0.3, -0.25) is 9.59 Å². The highest BCUT2D eigenvalue weighted by atomic mass is 16.5. The van der Waals surface area contributed by atoms with Crippen LogP contribution < -0.4 is 0 Å². The van der Waals surface area contributed by atoms with Crippen molar-refractivity contribution in [2.24, 2.45) is 5.92 Å². The van der Waals surface area contributed by atoms with E-state index in [9.17, 15) is 9.59 Å². The summed E-state index contributed by atoms with van der Waals surface area (Å²) in [6.07, 6.45) is 3.35. The molecule has 24 heavy (non-hydrogen) atoms. The molecule has 6 heteroatoms. The molecule has 1 rings (SSSR count). The van der Waals surface area contributed by atoms with E-state index in [0.717, 1.165) is 45.3 Å². The smallest absolute Gasteiger partial charge is 0.310 e. The zero-order chi connectivity index (χ0) is 17.9. The predicted molar refractivity (Wildman–Crippen MR) is 93.8 cm³/mol. The minimum atomic E-state index is -0.336. The van der Waals surface area contributed by atoms with Crippen LogP contribution in [0.15, 0.2) is 0 Å². The second kappa shape index (κ2) is 11.4. The number of carbonyl (C=O) groups excluding carboxylic acids is 2. The highest BCUT2D eigenvalue weighted by molar-refractivity contribution is 5.82. The summed E-state index contributed by atoms with van der Waals surface area (Å²) in [5, 5.41) is 0. The van der Waals surface area contributed by atoms with Crippen molar-refractivity contribution in [2.75, 3.05) is 46.4 Å². The van der Waals surface area contributed by atoms with Crippen molar-refractivity contribution in [3.63, 3.8) is 0 Å². The molecule has 0 aromatic carbocycles. The second-order valence-electron chi connectivity index (χ2n) is 6.44. The van der Waals surface area contributed by atoms with Gasteiger partial charge in [0.15, 0.2) is 0 Å². The molecule has 2 atom stereocenters. The first-order chi connectivity index (χ1) is 11.5. The molecular weight excluding hydrogens is 308 g/mol. The maximum Gasteiger partial charge on any atom is 0.310 e. The topological polar surface area (TPSA) is 59.1 Å². The monoisotopic (exact) mass is 342 g/mol. The average Bonchev–Trinajstić information content (AvgIpc) is 3.13. The Bertz CT molecular complexity index is 379. The number of ether oxygens (including phenoxy) is 2. The molecule has 1 heterocycles. The van der Waals surface area contributed by atoms with Gasteiger partial charge in [0.25, 0.3) is 5.91 Å². The zero-order valence-corrected chi connectivity index (χ0v) is 15.8. The molecule has 0 saturated carbocycles. The average molecular weight is 342 g/mol. The van der Waals surface area contributed by atoms with Crippen LogP contribution in [0.5, 0.6) is 0 Å². The van der Waals surface area contributed by atoms with Crippen LogP contribution in [0.25, 0.3) is 0 Å². The van der Waals surface area contributed by atoms with Crippen LogP contribution in [0.1, 0.15) is 46.5 Å². The summed E-state index contributed by atoms with van der Waals surface area (Å²) in [5.74, 6) is -0.572. The summed E-state index contributed by atoms with van der Waals surface area (Å²) in [6, 6.07) is 0. The van der Waals surface area contributed by atoms with Crippen molar-refractivity contribution in [3.05, 3.63) is 0 Å². The third-order valence-electron chi connectivity index (χ3n) is 4.66. The third kappa shape index (κ3) is 6.77. The summed E-state index contributed by atoms with van der Waals surface area (Å²) in [7, 11) is 1.38. The molecule has 2 unspecified atom stereocenters. The fourth-order valence-electron chi connectivity index (χ4n) is 3.05. The highest BCUT2D eigenvalue weighted by Crippen LogP contribution is 2.16. The molecule has 6 nitrogen and oxygen atoms in total. The SMILES string of the molecule is CCN(CC)CCCCN(CC(C)C(=O)OC)C(=O)C1CCCO1. The molecule has 1 saturated heterocycles. The Morgan fingerprint density at radius 2 is 1.88 bits per heavy atom. The van der Waals surface area contributed by atoms with Crippen molar-refractivity contribution in [1.29, 1.82) is 0 Å². The van der Waals surface area contributed by atoms with Gasteiger partial charge in [-0.25, -0.2) is 0 Å². The number of hydrogen-bond acceptors (Lipinski definition) is 5. The summed E-state index contributed by atoms with van der Waals surface area (Å²) in [4.78, 5) is 28.5. The van der Waals surface area contributed by atoms with Gasteiger partial charge in [-0.2, -0.15) is 0 Å². The van der Waals surface area contributed by atoms with Gasteiger partial charge in [-0.05, 0) is 45.3 Å². The minimum Gasteiger partial charge on any atom is -0.469 e. The third-order valence-corrected chi connectivity index (χ3v) is 4.66. The van der Waals surface area contributed by atoms with E-state index in [1.165, 1.54) is 7.11 Å². The quantitative estimate of drug-likeness (QED) is 0.424. The van der Waals surface area contributed by atoms with Gasteiger partial charge >= 0.3 is 5.97 Å².